The Morgan fingerprint density at radius 1 is 0.759 bits per heavy atom. The number of benzene rings is 3. The minimum atomic E-state index is -2.44. The van der Waals surface area contributed by atoms with Gasteiger partial charge in [0.1, 0.15) is 30.0 Å². The van der Waals surface area contributed by atoms with Crippen LogP contribution in [0.3, 0.4) is 0 Å². The predicted molar refractivity (Wildman–Crippen MR) is 292 cm³/mol. The van der Waals surface area contributed by atoms with Gasteiger partial charge < -0.3 is 44.0 Å². The van der Waals surface area contributed by atoms with Crippen molar-refractivity contribution in [1.29, 1.82) is 0 Å². The number of hydrogen-bond acceptors (Lipinski definition) is 15. The summed E-state index contributed by atoms with van der Waals surface area (Å²) in [5.41, 5.74) is -7.17. The van der Waals surface area contributed by atoms with E-state index >= 15 is 9.59 Å². The van der Waals surface area contributed by atoms with E-state index in [0.29, 0.717) is 5.56 Å². The number of carbonyl (C=O) groups excluding carboxylic acids is 7. The van der Waals surface area contributed by atoms with Gasteiger partial charge in [-0.25, -0.2) is 9.59 Å². The molecule has 1 saturated heterocycles. The Labute approximate surface area is 464 Å². The van der Waals surface area contributed by atoms with E-state index < -0.39 is 119 Å². The number of rotatable bonds is 24. The number of fused-ring (bicyclic) bond motifs is 5. The topological polar surface area (TPSA) is 227 Å². The number of ketones is 1. The maximum Gasteiger partial charge on any atom is 0.350 e. The van der Waals surface area contributed by atoms with Crippen LogP contribution in [0.2, 0.25) is 0 Å². The van der Waals surface area contributed by atoms with Crippen molar-refractivity contribution in [2.24, 2.45) is 22.7 Å². The molecular formula is C63H81NO15. The second-order valence-corrected chi connectivity index (χ2v) is 23.1. The molecule has 428 valence electrons. The molecule has 16 nitrogen and oxygen atoms in total. The number of amides is 1. The Hall–Kier alpha value is -6.23. The number of unbranched alkanes of at least 4 members (excludes halogenated alkanes) is 9. The summed E-state index contributed by atoms with van der Waals surface area (Å²) in [6, 6.07) is 23.4. The fourth-order valence-corrected chi connectivity index (χ4v) is 12.8. The van der Waals surface area contributed by atoms with E-state index in [4.69, 9.17) is 28.4 Å². The van der Waals surface area contributed by atoms with Crippen LogP contribution >= 0.6 is 0 Å². The van der Waals surface area contributed by atoms with E-state index in [-0.39, 0.29) is 47.6 Å². The lowest BCUT2D eigenvalue weighted by molar-refractivity contribution is -0.346. The van der Waals surface area contributed by atoms with Crippen molar-refractivity contribution in [3.63, 3.8) is 0 Å². The van der Waals surface area contributed by atoms with Gasteiger partial charge in [-0.2, -0.15) is 0 Å². The van der Waals surface area contributed by atoms with Crippen molar-refractivity contribution in [2.75, 3.05) is 6.61 Å². The number of Topliss-reactive ketones (excluding diaryl/α,β-unsaturated/α-hetero) is 1. The fourth-order valence-electron chi connectivity index (χ4n) is 12.8. The number of aliphatic hydroxyl groups is 2. The summed E-state index contributed by atoms with van der Waals surface area (Å²) >= 11 is 0. The highest BCUT2D eigenvalue weighted by molar-refractivity contribution is 5.96. The first-order valence-corrected chi connectivity index (χ1v) is 28.3. The number of esters is 5. The van der Waals surface area contributed by atoms with Crippen LogP contribution < -0.4 is 5.32 Å². The molecule has 7 rings (SSSR count). The number of aliphatic hydroxyl groups excluding tert-OH is 1. The predicted octanol–water partition coefficient (Wildman–Crippen LogP) is 9.62. The molecule has 1 aliphatic heterocycles. The van der Waals surface area contributed by atoms with Crippen LogP contribution in [0.5, 0.6) is 0 Å². The molecule has 1 amide bonds. The highest BCUT2D eigenvalue weighted by Gasteiger charge is 2.78. The molecular weight excluding hydrogens is 1010 g/mol. The van der Waals surface area contributed by atoms with Gasteiger partial charge in [0.2, 0.25) is 6.10 Å². The maximum absolute atomic E-state index is 15.8. The monoisotopic (exact) mass is 1090 g/mol. The third-order valence-electron chi connectivity index (χ3n) is 17.3. The standard InChI is InChI=1S/C63H81NO15/c1-9-10-11-12-13-14-15-16-17-21-28-39(2)35-49(68)77-53(51(43-29-22-18-23-30-43)64-57(70)44-31-24-19-25-32-44)59(72)76-46-37-63(73)56(78-58(71)45-33-26-20-27-34-45)54-61(8,47(67)36-48-62(54,38-74-48)79-42(5)66)55(69)52(75-41(4)65)50(40(46)3)60(63,6)7/h18-20,22-27,29-34,39,46-48,51-54,56,67,73H,9-17,21,28,35-38H2,1-8H3,(H,64,70)/t39?,46-,47-,48+,51-,52+,53+,54-,56-,61+,62-,63+/m0/s1. The second kappa shape index (κ2) is 25.9. The Morgan fingerprint density at radius 2 is 1.33 bits per heavy atom. The molecule has 1 heterocycles. The summed E-state index contributed by atoms with van der Waals surface area (Å²) in [5.74, 6) is -7.66. The quantitative estimate of drug-likeness (QED) is 0.0328. The van der Waals surface area contributed by atoms with Crippen LogP contribution in [0.4, 0.5) is 0 Å². The smallest absolute Gasteiger partial charge is 0.350 e. The number of hydrogen-bond donors (Lipinski definition) is 3. The molecule has 3 aromatic rings. The zero-order valence-electron chi connectivity index (χ0n) is 47.2. The Kier molecular flexibility index (Phi) is 19.8. The molecule has 79 heavy (non-hydrogen) atoms. The average Bonchev–Trinajstić information content (AvgIpc) is 3.28. The van der Waals surface area contributed by atoms with Crippen molar-refractivity contribution >= 4 is 41.5 Å². The van der Waals surface area contributed by atoms with Crippen LogP contribution in [0.1, 0.15) is 178 Å². The van der Waals surface area contributed by atoms with Gasteiger partial charge in [0.25, 0.3) is 5.91 Å². The van der Waals surface area contributed by atoms with Gasteiger partial charge in [0.05, 0.1) is 29.6 Å². The highest BCUT2D eigenvalue weighted by atomic mass is 16.6. The number of nitrogens with one attached hydrogen (secondary N) is 1. The van der Waals surface area contributed by atoms with Gasteiger partial charge in [0.15, 0.2) is 17.5 Å². The highest BCUT2D eigenvalue weighted by Crippen LogP contribution is 2.64. The lowest BCUT2D eigenvalue weighted by Gasteiger charge is -2.67. The van der Waals surface area contributed by atoms with Crippen molar-refractivity contribution in [1.82, 2.24) is 5.32 Å². The van der Waals surface area contributed by atoms with Gasteiger partial charge in [0, 0.05) is 44.1 Å². The van der Waals surface area contributed by atoms with Gasteiger partial charge >= 0.3 is 29.8 Å². The lowest BCUT2D eigenvalue weighted by atomic mass is 9.44. The van der Waals surface area contributed by atoms with E-state index in [0.717, 1.165) is 46.0 Å². The molecule has 0 aromatic heterocycles. The van der Waals surface area contributed by atoms with Crippen LogP contribution in [-0.2, 0) is 52.4 Å². The van der Waals surface area contributed by atoms with Crippen LogP contribution in [0, 0.1) is 22.7 Å². The Bertz CT molecular complexity index is 2670. The van der Waals surface area contributed by atoms with Gasteiger partial charge in [-0.3, -0.25) is 24.0 Å². The van der Waals surface area contributed by atoms with Crippen LogP contribution in [-0.4, -0.2) is 106 Å². The van der Waals surface area contributed by atoms with Gasteiger partial charge in [-0.05, 0) is 60.7 Å². The maximum atomic E-state index is 15.8. The molecule has 3 fully saturated rings. The van der Waals surface area contributed by atoms with Gasteiger partial charge in [-0.15, -0.1) is 0 Å². The fraction of sp³-hybridized carbons (Fsp3) is 0.571. The molecule has 2 bridgehead atoms. The zero-order chi connectivity index (χ0) is 57.3. The summed E-state index contributed by atoms with van der Waals surface area (Å²) in [4.78, 5) is 101. The number of carbonyl (C=O) groups is 7. The summed E-state index contributed by atoms with van der Waals surface area (Å²) in [7, 11) is 0. The largest absolute Gasteiger partial charge is 0.455 e. The molecule has 16 heteroatoms. The Balaban J connectivity index is 1.30. The third-order valence-corrected chi connectivity index (χ3v) is 17.3. The van der Waals surface area contributed by atoms with Crippen molar-refractivity contribution < 1.29 is 72.2 Å². The average molecular weight is 1090 g/mol. The number of ether oxygens (including phenoxy) is 6. The molecule has 3 aliphatic carbocycles. The zero-order valence-corrected chi connectivity index (χ0v) is 47.2. The van der Waals surface area contributed by atoms with E-state index in [9.17, 15) is 34.2 Å². The minimum absolute atomic E-state index is 0.00765. The first kappa shape index (κ1) is 60.4. The van der Waals surface area contributed by atoms with Crippen LogP contribution in [0.25, 0.3) is 0 Å². The molecule has 0 radical (unpaired) electrons. The van der Waals surface area contributed by atoms with E-state index in [1.807, 2.05) is 6.92 Å². The Morgan fingerprint density at radius 3 is 1.89 bits per heavy atom. The first-order chi connectivity index (χ1) is 37.6. The molecule has 12 atom stereocenters. The third kappa shape index (κ3) is 12.9. The first-order valence-electron chi connectivity index (χ1n) is 28.3. The summed E-state index contributed by atoms with van der Waals surface area (Å²) in [6.07, 6.45) is 1.74. The van der Waals surface area contributed by atoms with E-state index in [1.54, 1.807) is 99.6 Å². The van der Waals surface area contributed by atoms with Crippen molar-refractivity contribution in [2.45, 2.75) is 199 Å². The molecule has 2 saturated carbocycles. The molecule has 0 spiro atoms. The summed E-state index contributed by atoms with van der Waals surface area (Å²) < 4.78 is 37.4. The SMILES string of the molecule is CCCCCCCCCCCCC(C)CC(=O)O[C@@H](C(=O)O[C@H]1C[C@@]2(O)[C@@H](OC(=O)c3ccccc3)[C@@H]3[C@]4(OC(C)=O)CO[C@@H]4C[C@H](O)[C@@]3(C)C(=O)[C@H](OC(C)=O)C(=C1C)C2(C)C)[C@@H](NC(=O)c1ccccc1)c1ccccc1. The van der Waals surface area contributed by atoms with E-state index in [2.05, 4.69) is 12.2 Å². The van der Waals surface area contributed by atoms with E-state index in [1.165, 1.54) is 57.6 Å². The summed E-state index contributed by atoms with van der Waals surface area (Å²) in [5, 5.41) is 29.3. The summed E-state index contributed by atoms with van der Waals surface area (Å²) in [6.45, 7) is 12.2. The normalized spacial score (nSPS) is 27.9. The minimum Gasteiger partial charge on any atom is -0.455 e. The van der Waals surface area contributed by atoms with Gasteiger partial charge in [-0.1, -0.05) is 165 Å². The lowest BCUT2D eigenvalue weighted by Crippen LogP contribution is -2.82. The van der Waals surface area contributed by atoms with Crippen molar-refractivity contribution in [3.8, 4) is 0 Å². The van der Waals surface area contributed by atoms with Crippen LogP contribution in [0.15, 0.2) is 102 Å². The second-order valence-electron chi connectivity index (χ2n) is 23.1. The molecule has 3 N–H and O–H groups in total. The molecule has 4 aliphatic rings. The van der Waals surface area contributed by atoms with Crippen molar-refractivity contribution in [3.05, 3.63) is 119 Å². The molecule has 3 aromatic carbocycles. The molecule has 1 unspecified atom stereocenters.